The van der Waals surface area contributed by atoms with E-state index in [1.807, 2.05) is 0 Å². The first kappa shape index (κ1) is 24.0. The van der Waals surface area contributed by atoms with Crippen molar-refractivity contribution in [2.24, 2.45) is 0 Å². The van der Waals surface area contributed by atoms with Crippen LogP contribution in [0.25, 0.3) is 0 Å². The molecule has 0 bridgehead atoms. The van der Waals surface area contributed by atoms with Gasteiger partial charge in [0.2, 0.25) is 20.0 Å². The number of nitrogens with one attached hydrogen (secondary N) is 2. The molecule has 0 spiro atoms. The molecule has 0 unspecified atom stereocenters. The molecule has 1 amide bonds. The predicted molar refractivity (Wildman–Crippen MR) is 122 cm³/mol. The molecule has 3 rings (SSSR count). The SMILES string of the molecule is CS(=O)(=O)Nc1cccc(C(=O)NCCOc2ccc(S(=O)(=O)N3CCCCC3)cc2)c1. The Kier molecular flexibility index (Phi) is 7.75. The van der Waals surface area contributed by atoms with E-state index >= 15 is 0 Å². The zero-order valence-corrected chi connectivity index (χ0v) is 19.4. The average molecular weight is 482 g/mol. The molecule has 9 nitrogen and oxygen atoms in total. The fourth-order valence-corrected chi connectivity index (χ4v) is 5.41. The second kappa shape index (κ2) is 10.3. The number of nitrogens with zero attached hydrogens (tertiary/aromatic N) is 1. The number of rotatable bonds is 9. The lowest BCUT2D eigenvalue weighted by molar-refractivity contribution is 0.0947. The Morgan fingerprint density at radius 2 is 1.69 bits per heavy atom. The molecule has 2 N–H and O–H groups in total. The molecule has 174 valence electrons. The maximum atomic E-state index is 12.7. The van der Waals surface area contributed by atoms with E-state index in [1.165, 1.54) is 22.5 Å². The lowest BCUT2D eigenvalue weighted by Crippen LogP contribution is -2.35. The number of carbonyl (C=O) groups excluding carboxylic acids is 1. The molecule has 1 fully saturated rings. The Balaban J connectivity index is 1.48. The van der Waals surface area contributed by atoms with Crippen LogP contribution in [0.1, 0.15) is 29.6 Å². The summed E-state index contributed by atoms with van der Waals surface area (Å²) in [6, 6.07) is 12.4. The minimum absolute atomic E-state index is 0.186. The average Bonchev–Trinajstić information content (AvgIpc) is 2.76. The standard InChI is InChI=1S/C21H27N3O6S2/c1-31(26,27)23-18-7-5-6-17(16-18)21(25)22-12-15-30-19-8-10-20(11-9-19)32(28,29)24-13-3-2-4-14-24/h5-11,16,23H,2-4,12-15H2,1H3,(H,22,25). The third kappa shape index (κ3) is 6.68. The summed E-state index contributed by atoms with van der Waals surface area (Å²) in [5.41, 5.74) is 0.613. The second-order valence-corrected chi connectivity index (χ2v) is 11.2. The molecule has 2 aromatic carbocycles. The first-order valence-corrected chi connectivity index (χ1v) is 13.6. The zero-order chi connectivity index (χ0) is 23.2. The number of carbonyl (C=O) groups is 1. The summed E-state index contributed by atoms with van der Waals surface area (Å²) in [6.45, 7) is 1.50. The highest BCUT2D eigenvalue weighted by Gasteiger charge is 2.25. The smallest absolute Gasteiger partial charge is 0.251 e. The van der Waals surface area contributed by atoms with Crippen molar-refractivity contribution >= 4 is 31.6 Å². The van der Waals surface area contributed by atoms with Crippen molar-refractivity contribution in [3.8, 4) is 5.75 Å². The van der Waals surface area contributed by atoms with Crippen molar-refractivity contribution in [1.29, 1.82) is 0 Å². The van der Waals surface area contributed by atoms with Crippen LogP contribution in [0.4, 0.5) is 5.69 Å². The Morgan fingerprint density at radius 3 is 2.34 bits per heavy atom. The summed E-state index contributed by atoms with van der Waals surface area (Å²) in [5.74, 6) is 0.130. The Labute approximate surface area is 188 Å². The van der Waals surface area contributed by atoms with Crippen molar-refractivity contribution in [3.63, 3.8) is 0 Å². The van der Waals surface area contributed by atoms with E-state index in [4.69, 9.17) is 4.74 Å². The van der Waals surface area contributed by atoms with Crippen molar-refractivity contribution in [1.82, 2.24) is 9.62 Å². The van der Waals surface area contributed by atoms with Gasteiger partial charge < -0.3 is 10.1 Å². The maximum absolute atomic E-state index is 12.7. The fourth-order valence-electron chi connectivity index (χ4n) is 3.34. The monoisotopic (exact) mass is 481 g/mol. The van der Waals surface area contributed by atoms with Crippen LogP contribution in [0, 0.1) is 0 Å². The highest BCUT2D eigenvalue weighted by Crippen LogP contribution is 2.22. The maximum Gasteiger partial charge on any atom is 0.251 e. The number of ether oxygens (including phenoxy) is 1. The Hall–Kier alpha value is -2.63. The highest BCUT2D eigenvalue weighted by molar-refractivity contribution is 7.92. The van der Waals surface area contributed by atoms with Gasteiger partial charge in [0.1, 0.15) is 12.4 Å². The van der Waals surface area contributed by atoms with Crippen LogP contribution in [0.15, 0.2) is 53.4 Å². The molecule has 2 aromatic rings. The van der Waals surface area contributed by atoms with E-state index in [1.54, 1.807) is 30.3 Å². The normalized spacial score (nSPS) is 15.2. The number of sulfonamides is 2. The van der Waals surface area contributed by atoms with Gasteiger partial charge in [0, 0.05) is 24.3 Å². The van der Waals surface area contributed by atoms with Gasteiger partial charge >= 0.3 is 0 Å². The molecule has 0 saturated carbocycles. The van der Waals surface area contributed by atoms with Gasteiger partial charge in [-0.1, -0.05) is 12.5 Å². The molecule has 0 atom stereocenters. The quantitative estimate of drug-likeness (QED) is 0.529. The van der Waals surface area contributed by atoms with E-state index in [9.17, 15) is 21.6 Å². The number of benzene rings is 2. The zero-order valence-electron chi connectivity index (χ0n) is 17.8. The van der Waals surface area contributed by atoms with Gasteiger partial charge in [-0.2, -0.15) is 4.31 Å². The molecule has 1 saturated heterocycles. The lowest BCUT2D eigenvalue weighted by Gasteiger charge is -2.25. The summed E-state index contributed by atoms with van der Waals surface area (Å²) < 4.78 is 57.4. The Morgan fingerprint density at radius 1 is 1.00 bits per heavy atom. The van der Waals surface area contributed by atoms with Crippen LogP contribution < -0.4 is 14.8 Å². The molecule has 11 heteroatoms. The van der Waals surface area contributed by atoms with Crippen LogP contribution in [0.2, 0.25) is 0 Å². The summed E-state index contributed by atoms with van der Waals surface area (Å²) >= 11 is 0. The molecule has 32 heavy (non-hydrogen) atoms. The summed E-state index contributed by atoms with van der Waals surface area (Å²) in [7, 11) is -6.92. The van der Waals surface area contributed by atoms with Crippen molar-refractivity contribution < 1.29 is 26.4 Å². The first-order valence-electron chi connectivity index (χ1n) is 10.2. The van der Waals surface area contributed by atoms with E-state index in [0.29, 0.717) is 30.1 Å². The second-order valence-electron chi connectivity index (χ2n) is 7.50. The van der Waals surface area contributed by atoms with Crippen LogP contribution in [0.5, 0.6) is 5.75 Å². The molecule has 0 aromatic heterocycles. The van der Waals surface area contributed by atoms with Gasteiger partial charge in [-0.3, -0.25) is 9.52 Å². The van der Waals surface area contributed by atoms with Gasteiger partial charge in [0.25, 0.3) is 5.91 Å². The van der Waals surface area contributed by atoms with E-state index in [2.05, 4.69) is 10.0 Å². The fraction of sp³-hybridized carbons (Fsp3) is 0.381. The number of anilines is 1. The Bertz CT molecular complexity index is 1140. The summed E-state index contributed by atoms with van der Waals surface area (Å²) in [6.07, 6.45) is 3.85. The summed E-state index contributed by atoms with van der Waals surface area (Å²) in [4.78, 5) is 12.5. The number of piperidine rings is 1. The van der Waals surface area contributed by atoms with E-state index in [-0.39, 0.29) is 24.0 Å². The molecule has 0 aliphatic carbocycles. The minimum Gasteiger partial charge on any atom is -0.492 e. The molecule has 1 aliphatic heterocycles. The van der Waals surface area contributed by atoms with Gasteiger partial charge in [-0.25, -0.2) is 16.8 Å². The van der Waals surface area contributed by atoms with Gasteiger partial charge in [0.05, 0.1) is 17.7 Å². The number of hydrogen-bond donors (Lipinski definition) is 2. The molecule has 0 radical (unpaired) electrons. The highest BCUT2D eigenvalue weighted by atomic mass is 32.2. The van der Waals surface area contributed by atoms with Crippen molar-refractivity contribution in [3.05, 3.63) is 54.1 Å². The third-order valence-electron chi connectivity index (χ3n) is 4.86. The third-order valence-corrected chi connectivity index (χ3v) is 7.38. The van der Waals surface area contributed by atoms with Crippen LogP contribution in [0.3, 0.4) is 0 Å². The summed E-state index contributed by atoms with van der Waals surface area (Å²) in [5, 5.41) is 2.69. The predicted octanol–water partition coefficient (Wildman–Crippen LogP) is 2.04. The topological polar surface area (TPSA) is 122 Å². The van der Waals surface area contributed by atoms with Crippen molar-refractivity contribution in [2.45, 2.75) is 24.2 Å². The first-order chi connectivity index (χ1) is 15.1. The molecular formula is C21H27N3O6S2. The molecule has 1 aliphatic rings. The van der Waals surface area contributed by atoms with Gasteiger partial charge in [0.15, 0.2) is 0 Å². The van der Waals surface area contributed by atoms with E-state index in [0.717, 1.165) is 25.5 Å². The van der Waals surface area contributed by atoms with Crippen LogP contribution >= 0.6 is 0 Å². The van der Waals surface area contributed by atoms with Gasteiger partial charge in [-0.05, 0) is 55.3 Å². The number of amides is 1. The van der Waals surface area contributed by atoms with Crippen LogP contribution in [-0.2, 0) is 20.0 Å². The van der Waals surface area contributed by atoms with Crippen LogP contribution in [-0.4, -0.2) is 59.5 Å². The number of hydrogen-bond acceptors (Lipinski definition) is 6. The van der Waals surface area contributed by atoms with Crippen molar-refractivity contribution in [2.75, 3.05) is 37.2 Å². The van der Waals surface area contributed by atoms with E-state index < -0.39 is 20.0 Å². The minimum atomic E-state index is -3.48. The largest absolute Gasteiger partial charge is 0.492 e. The van der Waals surface area contributed by atoms with Gasteiger partial charge in [-0.15, -0.1) is 0 Å². The molecular weight excluding hydrogens is 454 g/mol. The molecule has 1 heterocycles. The lowest BCUT2D eigenvalue weighted by atomic mass is 10.2.